The molecule has 0 radical (unpaired) electrons. The standard InChI is InChI=1S/C20H22N6O/c1-21-20(27)16-9-10-18(25-24-16)26-11-5-8-15(13-26)19-22-12-17(23-19)14-6-3-2-4-7-14/h2-4,6-7,9-10,12,15H,5,8,11,13H2,1H3,(H,21,27)(H,22,23). The SMILES string of the molecule is CNC(=O)c1ccc(N2CCCC(c3ncc(-c4ccccc4)[nH]3)C2)nn1. The van der Waals surface area contributed by atoms with Crippen LogP contribution in [0.2, 0.25) is 0 Å². The van der Waals surface area contributed by atoms with E-state index in [2.05, 4.69) is 42.5 Å². The van der Waals surface area contributed by atoms with Gasteiger partial charge < -0.3 is 15.2 Å². The molecule has 0 bridgehead atoms. The Hall–Kier alpha value is -3.22. The van der Waals surface area contributed by atoms with Crippen LogP contribution in [-0.2, 0) is 0 Å². The molecule has 0 saturated carbocycles. The summed E-state index contributed by atoms with van der Waals surface area (Å²) in [6, 6.07) is 13.8. The van der Waals surface area contributed by atoms with Gasteiger partial charge in [-0.15, -0.1) is 10.2 Å². The first kappa shape index (κ1) is 17.2. The summed E-state index contributed by atoms with van der Waals surface area (Å²) in [6.45, 7) is 1.76. The largest absolute Gasteiger partial charge is 0.354 e. The molecule has 3 aromatic rings. The first-order chi connectivity index (χ1) is 13.2. The van der Waals surface area contributed by atoms with Gasteiger partial charge in [-0.2, -0.15) is 0 Å². The average molecular weight is 362 g/mol. The number of carbonyl (C=O) groups excluding carboxylic acids is 1. The fourth-order valence-corrected chi connectivity index (χ4v) is 3.46. The molecule has 1 unspecified atom stereocenters. The lowest BCUT2D eigenvalue weighted by Gasteiger charge is -2.32. The van der Waals surface area contributed by atoms with Gasteiger partial charge in [0.25, 0.3) is 5.91 Å². The van der Waals surface area contributed by atoms with Crippen molar-refractivity contribution in [3.8, 4) is 11.3 Å². The molecule has 0 spiro atoms. The van der Waals surface area contributed by atoms with Gasteiger partial charge >= 0.3 is 0 Å². The van der Waals surface area contributed by atoms with Crippen molar-refractivity contribution in [1.29, 1.82) is 0 Å². The summed E-state index contributed by atoms with van der Waals surface area (Å²) in [5.74, 6) is 1.89. The molecule has 4 rings (SSSR count). The summed E-state index contributed by atoms with van der Waals surface area (Å²) in [5, 5.41) is 10.8. The number of anilines is 1. The van der Waals surface area contributed by atoms with Crippen LogP contribution in [0.25, 0.3) is 11.3 Å². The Morgan fingerprint density at radius 2 is 2.04 bits per heavy atom. The highest BCUT2D eigenvalue weighted by Crippen LogP contribution is 2.29. The third-order valence-electron chi connectivity index (χ3n) is 4.92. The summed E-state index contributed by atoms with van der Waals surface area (Å²) in [7, 11) is 1.58. The van der Waals surface area contributed by atoms with E-state index >= 15 is 0 Å². The van der Waals surface area contributed by atoms with E-state index in [0.29, 0.717) is 11.6 Å². The van der Waals surface area contributed by atoms with E-state index in [-0.39, 0.29) is 5.91 Å². The van der Waals surface area contributed by atoms with Crippen LogP contribution in [0, 0.1) is 0 Å². The zero-order valence-electron chi connectivity index (χ0n) is 15.2. The Morgan fingerprint density at radius 1 is 1.19 bits per heavy atom. The van der Waals surface area contributed by atoms with Crippen LogP contribution in [0.3, 0.4) is 0 Å². The van der Waals surface area contributed by atoms with Crippen LogP contribution in [0.5, 0.6) is 0 Å². The highest BCUT2D eigenvalue weighted by molar-refractivity contribution is 5.91. The van der Waals surface area contributed by atoms with Crippen LogP contribution < -0.4 is 10.2 Å². The van der Waals surface area contributed by atoms with E-state index in [0.717, 1.165) is 48.8 Å². The lowest BCUT2D eigenvalue weighted by Crippen LogP contribution is -2.35. The van der Waals surface area contributed by atoms with Crippen LogP contribution in [0.4, 0.5) is 5.82 Å². The van der Waals surface area contributed by atoms with Crippen LogP contribution in [0.1, 0.15) is 35.1 Å². The molecule has 1 saturated heterocycles. The van der Waals surface area contributed by atoms with Crippen molar-refractivity contribution in [2.45, 2.75) is 18.8 Å². The minimum atomic E-state index is -0.227. The first-order valence-corrected chi connectivity index (χ1v) is 9.15. The maximum atomic E-state index is 11.6. The zero-order valence-corrected chi connectivity index (χ0v) is 15.2. The summed E-state index contributed by atoms with van der Waals surface area (Å²) in [5.41, 5.74) is 2.50. The smallest absolute Gasteiger partial charge is 0.271 e. The van der Waals surface area contributed by atoms with Crippen molar-refractivity contribution in [1.82, 2.24) is 25.5 Å². The van der Waals surface area contributed by atoms with Gasteiger partial charge in [-0.05, 0) is 30.5 Å². The van der Waals surface area contributed by atoms with Crippen LogP contribution >= 0.6 is 0 Å². The Balaban J connectivity index is 1.48. The third-order valence-corrected chi connectivity index (χ3v) is 4.92. The summed E-state index contributed by atoms with van der Waals surface area (Å²) >= 11 is 0. The van der Waals surface area contributed by atoms with Crippen molar-refractivity contribution in [2.75, 3.05) is 25.0 Å². The second-order valence-electron chi connectivity index (χ2n) is 6.69. The molecular weight excluding hydrogens is 340 g/mol. The van der Waals surface area contributed by atoms with Gasteiger partial charge in [0, 0.05) is 26.1 Å². The van der Waals surface area contributed by atoms with Gasteiger partial charge in [0.1, 0.15) is 5.82 Å². The number of piperidine rings is 1. The van der Waals surface area contributed by atoms with Gasteiger partial charge in [0.05, 0.1) is 11.9 Å². The quantitative estimate of drug-likeness (QED) is 0.745. The average Bonchev–Trinajstić information content (AvgIpc) is 3.24. The lowest BCUT2D eigenvalue weighted by atomic mass is 9.97. The predicted octanol–water partition coefficient (Wildman–Crippen LogP) is 2.61. The normalized spacial score (nSPS) is 16.9. The molecule has 1 atom stereocenters. The van der Waals surface area contributed by atoms with Gasteiger partial charge in [0.15, 0.2) is 11.5 Å². The molecule has 7 nitrogen and oxygen atoms in total. The zero-order chi connectivity index (χ0) is 18.6. The number of aromatic amines is 1. The van der Waals surface area contributed by atoms with E-state index < -0.39 is 0 Å². The number of imidazole rings is 1. The number of rotatable bonds is 4. The van der Waals surface area contributed by atoms with Crippen molar-refractivity contribution in [3.05, 3.63) is 60.2 Å². The Bertz CT molecular complexity index is 906. The highest BCUT2D eigenvalue weighted by atomic mass is 16.1. The van der Waals surface area contributed by atoms with E-state index in [4.69, 9.17) is 0 Å². The maximum absolute atomic E-state index is 11.6. The van der Waals surface area contributed by atoms with Gasteiger partial charge in [-0.3, -0.25) is 4.79 Å². The maximum Gasteiger partial charge on any atom is 0.271 e. The van der Waals surface area contributed by atoms with Gasteiger partial charge in [-0.25, -0.2) is 4.98 Å². The fourth-order valence-electron chi connectivity index (χ4n) is 3.46. The third kappa shape index (κ3) is 3.67. The number of carbonyl (C=O) groups is 1. The number of hydrogen-bond donors (Lipinski definition) is 2. The molecule has 0 aliphatic carbocycles. The number of nitrogens with zero attached hydrogens (tertiary/aromatic N) is 4. The van der Waals surface area contributed by atoms with Crippen molar-refractivity contribution < 1.29 is 4.79 Å². The number of hydrogen-bond acceptors (Lipinski definition) is 5. The molecule has 1 aromatic carbocycles. The van der Waals surface area contributed by atoms with Crippen molar-refractivity contribution in [3.63, 3.8) is 0 Å². The summed E-state index contributed by atoms with van der Waals surface area (Å²) in [4.78, 5) is 21.9. The molecule has 2 N–H and O–H groups in total. The van der Waals surface area contributed by atoms with Gasteiger partial charge in [-0.1, -0.05) is 30.3 Å². The second-order valence-corrected chi connectivity index (χ2v) is 6.69. The predicted molar refractivity (Wildman–Crippen MR) is 104 cm³/mol. The van der Waals surface area contributed by atoms with Crippen LogP contribution in [-0.4, -0.2) is 46.2 Å². The number of aromatic nitrogens is 4. The molecule has 2 aromatic heterocycles. The van der Waals surface area contributed by atoms with Crippen LogP contribution in [0.15, 0.2) is 48.7 Å². The highest BCUT2D eigenvalue weighted by Gasteiger charge is 2.25. The number of nitrogens with one attached hydrogen (secondary N) is 2. The first-order valence-electron chi connectivity index (χ1n) is 9.15. The number of benzene rings is 1. The van der Waals surface area contributed by atoms with E-state index in [1.807, 2.05) is 30.5 Å². The van der Waals surface area contributed by atoms with E-state index in [1.54, 1.807) is 13.1 Å². The summed E-state index contributed by atoms with van der Waals surface area (Å²) < 4.78 is 0. The molecule has 27 heavy (non-hydrogen) atoms. The topological polar surface area (TPSA) is 86.8 Å². The molecule has 1 aliphatic heterocycles. The Morgan fingerprint density at radius 3 is 2.78 bits per heavy atom. The van der Waals surface area contributed by atoms with Crippen molar-refractivity contribution >= 4 is 11.7 Å². The molecular formula is C20H22N6O. The minimum absolute atomic E-state index is 0.227. The molecule has 1 amide bonds. The van der Waals surface area contributed by atoms with Crippen molar-refractivity contribution in [2.24, 2.45) is 0 Å². The molecule has 1 fully saturated rings. The van der Waals surface area contributed by atoms with E-state index in [1.165, 1.54) is 0 Å². The Labute approximate surface area is 157 Å². The van der Waals surface area contributed by atoms with Gasteiger partial charge in [0.2, 0.25) is 0 Å². The monoisotopic (exact) mass is 362 g/mol. The second kappa shape index (κ2) is 7.57. The Kier molecular flexibility index (Phi) is 4.82. The fraction of sp³-hybridized carbons (Fsp3) is 0.300. The molecule has 3 heterocycles. The lowest BCUT2D eigenvalue weighted by molar-refractivity contribution is 0.0957. The van der Waals surface area contributed by atoms with E-state index in [9.17, 15) is 4.79 Å². The minimum Gasteiger partial charge on any atom is -0.354 e. The molecule has 1 aliphatic rings. The number of H-pyrrole nitrogens is 1. The molecule has 7 heteroatoms. The summed E-state index contributed by atoms with van der Waals surface area (Å²) in [6.07, 6.45) is 4.05. The molecule has 138 valence electrons. The number of amides is 1.